The summed E-state index contributed by atoms with van der Waals surface area (Å²) >= 11 is 1.04. The summed E-state index contributed by atoms with van der Waals surface area (Å²) in [6.45, 7) is 0. The number of ether oxygens (including phenoxy) is 2. The van der Waals surface area contributed by atoms with Crippen molar-refractivity contribution in [3.05, 3.63) is 42.0 Å². The first-order chi connectivity index (χ1) is 13.7. The molecule has 154 valence electrons. The van der Waals surface area contributed by atoms with E-state index in [9.17, 15) is 22.8 Å². The molecule has 1 atom stereocenters. The van der Waals surface area contributed by atoms with Crippen molar-refractivity contribution in [2.24, 2.45) is 0 Å². The fourth-order valence-electron chi connectivity index (χ4n) is 2.74. The maximum absolute atomic E-state index is 12.8. The number of methoxy groups -OCH3 is 2. The van der Waals surface area contributed by atoms with E-state index < -0.39 is 28.8 Å². The van der Waals surface area contributed by atoms with Crippen LogP contribution in [0.4, 0.5) is 24.5 Å². The molecule has 0 bridgehead atoms. The number of amides is 2. The maximum atomic E-state index is 12.8. The molecule has 1 aliphatic rings. The number of benzene rings is 2. The number of rotatable bonds is 5. The number of hydrogen-bond acceptors (Lipinski definition) is 5. The molecule has 0 aromatic heterocycles. The van der Waals surface area contributed by atoms with Crippen LogP contribution in [0.2, 0.25) is 0 Å². The Morgan fingerprint density at radius 1 is 1.17 bits per heavy atom. The Morgan fingerprint density at radius 2 is 1.93 bits per heavy atom. The van der Waals surface area contributed by atoms with Crippen LogP contribution in [0.25, 0.3) is 0 Å². The van der Waals surface area contributed by atoms with E-state index >= 15 is 0 Å². The third-order valence-electron chi connectivity index (χ3n) is 4.18. The number of alkyl halides is 3. The summed E-state index contributed by atoms with van der Waals surface area (Å²) in [7, 11) is 2.94. The monoisotopic (exact) mass is 426 g/mol. The molecule has 3 rings (SSSR count). The number of hydrogen-bond donors (Lipinski definition) is 2. The predicted octanol–water partition coefficient (Wildman–Crippen LogP) is 4.16. The second-order valence-corrected chi connectivity index (χ2v) is 7.37. The van der Waals surface area contributed by atoms with Crippen molar-refractivity contribution in [3.8, 4) is 11.5 Å². The van der Waals surface area contributed by atoms with Crippen molar-refractivity contribution in [1.29, 1.82) is 0 Å². The smallest absolute Gasteiger partial charge is 0.416 e. The molecule has 0 radical (unpaired) electrons. The van der Waals surface area contributed by atoms with Crippen LogP contribution in [0, 0.1) is 0 Å². The second-order valence-electron chi connectivity index (χ2n) is 6.12. The summed E-state index contributed by atoms with van der Waals surface area (Å²) in [6.07, 6.45) is -4.67. The van der Waals surface area contributed by atoms with E-state index in [0.29, 0.717) is 22.1 Å². The Balaban J connectivity index is 1.72. The van der Waals surface area contributed by atoms with Gasteiger partial charge in [-0.15, -0.1) is 11.8 Å². The number of anilines is 2. The van der Waals surface area contributed by atoms with Gasteiger partial charge in [0.05, 0.1) is 36.4 Å². The first kappa shape index (κ1) is 20.8. The molecule has 0 fully saturated rings. The van der Waals surface area contributed by atoms with E-state index in [1.165, 1.54) is 20.3 Å². The van der Waals surface area contributed by atoms with Crippen LogP contribution in [0.3, 0.4) is 0 Å². The van der Waals surface area contributed by atoms with Crippen molar-refractivity contribution in [1.82, 2.24) is 0 Å². The Morgan fingerprint density at radius 3 is 2.59 bits per heavy atom. The molecular weight excluding hydrogens is 409 g/mol. The van der Waals surface area contributed by atoms with Gasteiger partial charge >= 0.3 is 6.18 Å². The lowest BCUT2D eigenvalue weighted by atomic mass is 10.1. The minimum absolute atomic E-state index is 0.0842. The zero-order valence-corrected chi connectivity index (χ0v) is 16.2. The summed E-state index contributed by atoms with van der Waals surface area (Å²) in [5, 5.41) is 4.34. The van der Waals surface area contributed by atoms with Crippen LogP contribution < -0.4 is 20.1 Å². The molecule has 6 nitrogen and oxygen atoms in total. The van der Waals surface area contributed by atoms with E-state index in [-0.39, 0.29) is 12.1 Å². The number of carbonyl (C=O) groups is 2. The summed E-state index contributed by atoms with van der Waals surface area (Å²) in [5.41, 5.74) is -0.382. The summed E-state index contributed by atoms with van der Waals surface area (Å²) in [6, 6.07) is 8.01. The van der Waals surface area contributed by atoms with Gasteiger partial charge in [-0.25, -0.2) is 0 Å². The number of fused-ring (bicyclic) bond motifs is 1. The zero-order valence-electron chi connectivity index (χ0n) is 15.4. The minimum Gasteiger partial charge on any atom is -0.497 e. The molecule has 0 saturated heterocycles. The van der Waals surface area contributed by atoms with Gasteiger partial charge in [0.2, 0.25) is 11.8 Å². The van der Waals surface area contributed by atoms with E-state index in [1.807, 2.05) is 0 Å². The zero-order chi connectivity index (χ0) is 21.2. The first-order valence-corrected chi connectivity index (χ1v) is 9.30. The Labute approximate surface area is 168 Å². The van der Waals surface area contributed by atoms with Crippen molar-refractivity contribution in [3.63, 3.8) is 0 Å². The summed E-state index contributed by atoms with van der Waals surface area (Å²) < 4.78 is 48.8. The molecule has 1 heterocycles. The minimum atomic E-state index is -4.50. The summed E-state index contributed by atoms with van der Waals surface area (Å²) in [5.74, 6) is -0.0423. The fourth-order valence-corrected chi connectivity index (χ4v) is 3.83. The highest BCUT2D eigenvalue weighted by atomic mass is 32.2. The van der Waals surface area contributed by atoms with Gasteiger partial charge in [-0.2, -0.15) is 13.2 Å². The van der Waals surface area contributed by atoms with Crippen LogP contribution in [0.5, 0.6) is 11.5 Å². The molecule has 2 aromatic carbocycles. The normalized spacial score (nSPS) is 15.9. The standard InChI is InChI=1S/C19H17F3N2O4S/c1-27-11-4-5-14(28-2)12(8-11)23-17(25)9-16-18(26)24-13-7-10(19(20,21)22)3-6-15(13)29-16/h3-8,16H,9H2,1-2H3,(H,23,25)(H,24,26)/t16-/m1/s1. The fraction of sp³-hybridized carbons (Fsp3) is 0.263. The third kappa shape index (κ3) is 4.76. The van der Waals surface area contributed by atoms with E-state index in [0.717, 1.165) is 23.9 Å². The van der Waals surface area contributed by atoms with Crippen molar-refractivity contribution in [2.45, 2.75) is 22.7 Å². The molecular formula is C19H17F3N2O4S. The number of carbonyl (C=O) groups excluding carboxylic acids is 2. The van der Waals surface area contributed by atoms with Gasteiger partial charge in [0, 0.05) is 17.4 Å². The summed E-state index contributed by atoms with van der Waals surface area (Å²) in [4.78, 5) is 25.2. The van der Waals surface area contributed by atoms with Crippen LogP contribution in [0.1, 0.15) is 12.0 Å². The molecule has 0 aliphatic carbocycles. The topological polar surface area (TPSA) is 76.7 Å². The number of nitrogens with one attached hydrogen (secondary N) is 2. The predicted molar refractivity (Wildman–Crippen MR) is 103 cm³/mol. The van der Waals surface area contributed by atoms with Gasteiger partial charge in [-0.1, -0.05) is 0 Å². The first-order valence-electron chi connectivity index (χ1n) is 8.42. The van der Waals surface area contributed by atoms with Crippen LogP contribution in [0.15, 0.2) is 41.3 Å². The number of thioether (sulfide) groups is 1. The van der Waals surface area contributed by atoms with Crippen LogP contribution in [-0.2, 0) is 15.8 Å². The second kappa shape index (κ2) is 8.24. The van der Waals surface area contributed by atoms with Crippen molar-refractivity contribution < 1.29 is 32.2 Å². The molecule has 2 N–H and O–H groups in total. The lowest BCUT2D eigenvalue weighted by Gasteiger charge is -2.24. The van der Waals surface area contributed by atoms with Gasteiger partial charge < -0.3 is 20.1 Å². The van der Waals surface area contributed by atoms with Crippen LogP contribution >= 0.6 is 11.8 Å². The van der Waals surface area contributed by atoms with E-state index in [2.05, 4.69) is 10.6 Å². The van der Waals surface area contributed by atoms with Gasteiger partial charge in [0.1, 0.15) is 11.5 Å². The molecule has 2 aromatic rings. The van der Waals surface area contributed by atoms with Crippen LogP contribution in [-0.4, -0.2) is 31.3 Å². The third-order valence-corrected chi connectivity index (χ3v) is 5.45. The number of halogens is 3. The SMILES string of the molecule is COc1ccc(OC)c(NC(=O)C[C@H]2Sc3ccc(C(F)(F)F)cc3NC2=O)c1. The lowest BCUT2D eigenvalue weighted by Crippen LogP contribution is -2.32. The molecule has 2 amide bonds. The highest BCUT2D eigenvalue weighted by molar-refractivity contribution is 8.01. The van der Waals surface area contributed by atoms with E-state index in [4.69, 9.17) is 9.47 Å². The Bertz CT molecular complexity index is 950. The van der Waals surface area contributed by atoms with Crippen molar-refractivity contribution >= 4 is 35.0 Å². The van der Waals surface area contributed by atoms with Gasteiger partial charge in [0.25, 0.3) is 0 Å². The van der Waals surface area contributed by atoms with Gasteiger partial charge in [-0.05, 0) is 30.3 Å². The molecule has 0 saturated carbocycles. The largest absolute Gasteiger partial charge is 0.497 e. The average Bonchev–Trinajstić information content (AvgIpc) is 2.67. The molecule has 29 heavy (non-hydrogen) atoms. The molecule has 0 spiro atoms. The Hall–Kier alpha value is -2.88. The molecule has 1 aliphatic heterocycles. The molecule has 10 heteroatoms. The van der Waals surface area contributed by atoms with Crippen molar-refractivity contribution in [2.75, 3.05) is 24.9 Å². The van der Waals surface area contributed by atoms with E-state index in [1.54, 1.807) is 18.2 Å². The average molecular weight is 426 g/mol. The van der Waals surface area contributed by atoms with Gasteiger partial charge in [0.15, 0.2) is 0 Å². The quantitative estimate of drug-likeness (QED) is 0.751. The maximum Gasteiger partial charge on any atom is 0.416 e. The highest BCUT2D eigenvalue weighted by Gasteiger charge is 2.34. The Kier molecular flexibility index (Phi) is 5.92. The molecule has 0 unspecified atom stereocenters. The van der Waals surface area contributed by atoms with Gasteiger partial charge in [-0.3, -0.25) is 9.59 Å². The lowest BCUT2D eigenvalue weighted by molar-refractivity contribution is -0.137. The highest BCUT2D eigenvalue weighted by Crippen LogP contribution is 2.40.